The zero-order valence-corrected chi connectivity index (χ0v) is 12.8. The first-order chi connectivity index (χ1) is 10.3. The van der Waals surface area contributed by atoms with Crippen LogP contribution in [0, 0.1) is 0 Å². The van der Waals surface area contributed by atoms with E-state index in [-0.39, 0.29) is 0 Å². The van der Waals surface area contributed by atoms with Crippen molar-refractivity contribution in [2.75, 3.05) is 38.2 Å². The maximum Gasteiger partial charge on any atom is 0.142 e. The summed E-state index contributed by atoms with van der Waals surface area (Å²) in [5, 5.41) is 0. The summed E-state index contributed by atoms with van der Waals surface area (Å²) in [6, 6.07) is 8.85. The maximum absolute atomic E-state index is 11.4. The number of Topliss-reactive ketones (excluding diaryl/α,β-unsaturated/α-hetero) is 1. The van der Waals surface area contributed by atoms with E-state index in [1.165, 1.54) is 5.69 Å². The number of hydrogen-bond acceptors (Lipinski definition) is 4. The summed E-state index contributed by atoms with van der Waals surface area (Å²) in [6.45, 7) is 4.23. The Bertz CT molecular complexity index is 485. The Labute approximate surface area is 126 Å². The van der Waals surface area contributed by atoms with Gasteiger partial charge in [-0.25, -0.2) is 0 Å². The normalized spacial score (nSPS) is 21.6. The van der Waals surface area contributed by atoms with Gasteiger partial charge in [-0.05, 0) is 25.0 Å². The lowest BCUT2D eigenvalue weighted by Gasteiger charge is -2.41. The van der Waals surface area contributed by atoms with Gasteiger partial charge in [-0.15, -0.1) is 0 Å². The Balaban J connectivity index is 1.59. The third-order valence-corrected chi connectivity index (χ3v) is 4.77. The van der Waals surface area contributed by atoms with E-state index in [9.17, 15) is 4.79 Å². The van der Waals surface area contributed by atoms with E-state index in [2.05, 4.69) is 21.9 Å². The van der Waals surface area contributed by atoms with Crippen LogP contribution in [0.25, 0.3) is 0 Å². The van der Waals surface area contributed by atoms with E-state index in [0.717, 1.165) is 57.6 Å². The van der Waals surface area contributed by atoms with Crippen LogP contribution in [-0.2, 0) is 4.79 Å². The van der Waals surface area contributed by atoms with Crippen molar-refractivity contribution in [3.05, 3.63) is 24.3 Å². The van der Waals surface area contributed by atoms with Crippen LogP contribution in [0.2, 0.25) is 0 Å². The fourth-order valence-corrected chi connectivity index (χ4v) is 3.51. The SMILES string of the molecule is COc1ccccc1N1CCN(C2CCC(=O)CC2)CC1. The molecule has 21 heavy (non-hydrogen) atoms. The highest BCUT2D eigenvalue weighted by molar-refractivity contribution is 5.79. The van der Waals surface area contributed by atoms with Gasteiger partial charge in [0.15, 0.2) is 0 Å². The average Bonchev–Trinajstić information content (AvgIpc) is 2.56. The summed E-state index contributed by atoms with van der Waals surface area (Å²) in [6.07, 6.45) is 3.65. The van der Waals surface area contributed by atoms with Crippen LogP contribution >= 0.6 is 0 Å². The summed E-state index contributed by atoms with van der Waals surface area (Å²) in [5.41, 5.74) is 1.19. The summed E-state index contributed by atoms with van der Waals surface area (Å²) in [5.74, 6) is 1.40. The highest BCUT2D eigenvalue weighted by Crippen LogP contribution is 2.29. The molecule has 2 aliphatic rings. The van der Waals surface area contributed by atoms with Gasteiger partial charge in [-0.1, -0.05) is 12.1 Å². The minimum atomic E-state index is 0.443. The number of ether oxygens (including phenoxy) is 1. The zero-order valence-electron chi connectivity index (χ0n) is 12.8. The molecular weight excluding hydrogens is 264 g/mol. The van der Waals surface area contributed by atoms with E-state index >= 15 is 0 Å². The molecule has 0 unspecified atom stereocenters. The number of benzene rings is 1. The van der Waals surface area contributed by atoms with Gasteiger partial charge in [0.2, 0.25) is 0 Å². The number of carbonyl (C=O) groups is 1. The number of piperazine rings is 1. The number of methoxy groups -OCH3 is 1. The Morgan fingerprint density at radius 3 is 2.38 bits per heavy atom. The molecule has 1 heterocycles. The minimum Gasteiger partial charge on any atom is -0.495 e. The van der Waals surface area contributed by atoms with Gasteiger partial charge in [0.1, 0.15) is 11.5 Å². The fourth-order valence-electron chi connectivity index (χ4n) is 3.51. The zero-order chi connectivity index (χ0) is 14.7. The topological polar surface area (TPSA) is 32.8 Å². The number of carbonyl (C=O) groups excluding carboxylic acids is 1. The lowest BCUT2D eigenvalue weighted by molar-refractivity contribution is -0.121. The third-order valence-electron chi connectivity index (χ3n) is 4.77. The van der Waals surface area contributed by atoms with Gasteiger partial charge in [0.25, 0.3) is 0 Å². The van der Waals surface area contributed by atoms with E-state index in [1.54, 1.807) is 7.11 Å². The first-order valence-electron chi connectivity index (χ1n) is 7.91. The van der Waals surface area contributed by atoms with Crippen LogP contribution in [0.5, 0.6) is 5.75 Å². The number of ketones is 1. The monoisotopic (exact) mass is 288 g/mol. The van der Waals surface area contributed by atoms with Crippen LogP contribution in [-0.4, -0.2) is 50.0 Å². The standard InChI is InChI=1S/C17H24N2O2/c1-21-17-5-3-2-4-16(17)19-12-10-18(11-13-19)14-6-8-15(20)9-7-14/h2-5,14H,6-13H2,1H3. The van der Waals surface area contributed by atoms with Crippen LogP contribution in [0.3, 0.4) is 0 Å². The Hall–Kier alpha value is -1.55. The van der Waals surface area contributed by atoms with E-state index < -0.39 is 0 Å². The molecule has 0 spiro atoms. The first kappa shape index (κ1) is 14.4. The van der Waals surface area contributed by atoms with Crippen LogP contribution < -0.4 is 9.64 Å². The lowest BCUT2D eigenvalue weighted by atomic mass is 9.93. The molecule has 0 amide bonds. The van der Waals surface area contributed by atoms with Crippen molar-refractivity contribution in [3.8, 4) is 5.75 Å². The van der Waals surface area contributed by atoms with E-state index in [1.807, 2.05) is 12.1 Å². The average molecular weight is 288 g/mol. The van der Waals surface area contributed by atoms with Crippen LogP contribution in [0.4, 0.5) is 5.69 Å². The van der Waals surface area contributed by atoms with Crippen molar-refractivity contribution < 1.29 is 9.53 Å². The van der Waals surface area contributed by atoms with Gasteiger partial charge >= 0.3 is 0 Å². The van der Waals surface area contributed by atoms with Crippen LogP contribution in [0.15, 0.2) is 24.3 Å². The van der Waals surface area contributed by atoms with Gasteiger partial charge in [0, 0.05) is 45.1 Å². The molecule has 1 aromatic rings. The lowest BCUT2D eigenvalue weighted by Crippen LogP contribution is -2.51. The van der Waals surface area contributed by atoms with Crippen molar-refractivity contribution >= 4 is 11.5 Å². The molecule has 1 saturated carbocycles. The molecule has 0 N–H and O–H groups in total. The van der Waals surface area contributed by atoms with Crippen molar-refractivity contribution in [3.63, 3.8) is 0 Å². The summed E-state index contributed by atoms with van der Waals surface area (Å²) in [7, 11) is 1.73. The second-order valence-electron chi connectivity index (χ2n) is 5.96. The highest BCUT2D eigenvalue weighted by atomic mass is 16.5. The second kappa shape index (κ2) is 6.48. The molecule has 2 fully saturated rings. The quantitative estimate of drug-likeness (QED) is 0.854. The Morgan fingerprint density at radius 2 is 1.71 bits per heavy atom. The highest BCUT2D eigenvalue weighted by Gasteiger charge is 2.27. The molecule has 1 aliphatic carbocycles. The molecule has 0 bridgehead atoms. The van der Waals surface area contributed by atoms with Crippen molar-refractivity contribution in [2.45, 2.75) is 31.7 Å². The first-order valence-corrected chi connectivity index (χ1v) is 7.91. The number of hydrogen-bond donors (Lipinski definition) is 0. The molecule has 114 valence electrons. The molecule has 0 atom stereocenters. The summed E-state index contributed by atoms with van der Waals surface area (Å²) in [4.78, 5) is 16.3. The van der Waals surface area contributed by atoms with E-state index in [0.29, 0.717) is 11.8 Å². The van der Waals surface area contributed by atoms with Gasteiger partial charge in [-0.2, -0.15) is 0 Å². The van der Waals surface area contributed by atoms with Crippen molar-refractivity contribution in [2.24, 2.45) is 0 Å². The molecule has 4 heteroatoms. The van der Waals surface area contributed by atoms with Gasteiger partial charge in [0.05, 0.1) is 12.8 Å². The molecule has 1 aromatic carbocycles. The molecule has 4 nitrogen and oxygen atoms in total. The molecule has 3 rings (SSSR count). The molecule has 0 aromatic heterocycles. The van der Waals surface area contributed by atoms with Crippen molar-refractivity contribution in [1.29, 1.82) is 0 Å². The maximum atomic E-state index is 11.4. The summed E-state index contributed by atoms with van der Waals surface area (Å²) < 4.78 is 5.46. The number of para-hydroxylation sites is 2. The Morgan fingerprint density at radius 1 is 1.05 bits per heavy atom. The fraction of sp³-hybridized carbons (Fsp3) is 0.588. The number of anilines is 1. The molecule has 1 aliphatic heterocycles. The minimum absolute atomic E-state index is 0.443. The molecule has 1 saturated heterocycles. The largest absolute Gasteiger partial charge is 0.495 e. The second-order valence-corrected chi connectivity index (χ2v) is 5.96. The molecular formula is C17H24N2O2. The smallest absolute Gasteiger partial charge is 0.142 e. The van der Waals surface area contributed by atoms with Gasteiger partial charge < -0.3 is 9.64 Å². The third kappa shape index (κ3) is 3.21. The Kier molecular flexibility index (Phi) is 4.44. The summed E-state index contributed by atoms with van der Waals surface area (Å²) >= 11 is 0. The predicted molar refractivity (Wildman–Crippen MR) is 84.0 cm³/mol. The van der Waals surface area contributed by atoms with Gasteiger partial charge in [-0.3, -0.25) is 9.69 Å². The molecule has 0 radical (unpaired) electrons. The van der Waals surface area contributed by atoms with Crippen molar-refractivity contribution in [1.82, 2.24) is 4.90 Å². The van der Waals surface area contributed by atoms with Crippen LogP contribution in [0.1, 0.15) is 25.7 Å². The predicted octanol–water partition coefficient (Wildman–Crippen LogP) is 2.33. The van der Waals surface area contributed by atoms with E-state index in [4.69, 9.17) is 4.74 Å². The number of nitrogens with zero attached hydrogens (tertiary/aromatic N) is 2. The number of rotatable bonds is 3.